The number of aliphatic hydroxyl groups is 1. The largest absolute Gasteiger partial charge is 0.489 e. The van der Waals surface area contributed by atoms with Crippen molar-refractivity contribution in [3.05, 3.63) is 53.6 Å². The lowest BCUT2D eigenvalue weighted by atomic mass is 9.85. The van der Waals surface area contributed by atoms with Crippen LogP contribution in [0.15, 0.2) is 48.1 Å². The lowest BCUT2D eigenvalue weighted by Crippen LogP contribution is -2.46. The fourth-order valence-electron chi connectivity index (χ4n) is 3.73. The summed E-state index contributed by atoms with van der Waals surface area (Å²) >= 11 is 0. The summed E-state index contributed by atoms with van der Waals surface area (Å²) in [6.07, 6.45) is 5.75. The van der Waals surface area contributed by atoms with Crippen molar-refractivity contribution in [3.63, 3.8) is 0 Å². The lowest BCUT2D eigenvalue weighted by Gasteiger charge is -2.38. The Bertz CT molecular complexity index is 702. The molecule has 0 amide bonds. The minimum absolute atomic E-state index is 0.137. The van der Waals surface area contributed by atoms with Gasteiger partial charge in [-0.05, 0) is 35.1 Å². The maximum Gasteiger partial charge on any atom is 0.303 e. The van der Waals surface area contributed by atoms with E-state index < -0.39 is 12.1 Å². The number of ether oxygens (including phenoxy) is 1. The Morgan fingerprint density at radius 3 is 2.59 bits per heavy atom. The van der Waals surface area contributed by atoms with Gasteiger partial charge in [0.05, 0.1) is 12.5 Å². The summed E-state index contributed by atoms with van der Waals surface area (Å²) in [5, 5.41) is 18.8. The molecular weight excluding hydrogens is 342 g/mol. The van der Waals surface area contributed by atoms with E-state index in [2.05, 4.69) is 37.0 Å². The van der Waals surface area contributed by atoms with Crippen LogP contribution in [0.2, 0.25) is 0 Å². The molecule has 1 aliphatic heterocycles. The first-order valence-electron chi connectivity index (χ1n) is 9.63. The molecule has 27 heavy (non-hydrogen) atoms. The molecule has 1 aromatic rings. The van der Waals surface area contributed by atoms with Gasteiger partial charge in [0.1, 0.15) is 12.4 Å². The molecule has 3 rings (SSSR count). The van der Waals surface area contributed by atoms with E-state index in [0.29, 0.717) is 12.5 Å². The van der Waals surface area contributed by atoms with Crippen molar-refractivity contribution in [2.45, 2.75) is 32.9 Å². The lowest BCUT2D eigenvalue weighted by molar-refractivity contribution is -0.139. The van der Waals surface area contributed by atoms with Gasteiger partial charge in [-0.2, -0.15) is 0 Å². The molecule has 0 radical (unpaired) electrons. The van der Waals surface area contributed by atoms with Gasteiger partial charge in [0.15, 0.2) is 0 Å². The van der Waals surface area contributed by atoms with Crippen molar-refractivity contribution in [1.82, 2.24) is 4.90 Å². The molecule has 5 heteroatoms. The number of carboxylic acids is 1. The quantitative estimate of drug-likeness (QED) is 0.735. The highest BCUT2D eigenvalue weighted by atomic mass is 16.5. The zero-order chi connectivity index (χ0) is 19.4. The number of aliphatic carboxylic acids is 1. The van der Waals surface area contributed by atoms with Gasteiger partial charge in [0.2, 0.25) is 0 Å². The average molecular weight is 371 g/mol. The molecule has 1 aliphatic carbocycles. The molecule has 2 N–H and O–H groups in total. The van der Waals surface area contributed by atoms with Crippen LogP contribution >= 0.6 is 0 Å². The Kier molecular flexibility index (Phi) is 6.34. The Hall–Kier alpha value is -2.11. The number of carboxylic acid groups (broad SMARTS) is 1. The van der Waals surface area contributed by atoms with Crippen LogP contribution in [0.1, 0.15) is 25.8 Å². The van der Waals surface area contributed by atoms with Crippen LogP contribution in [-0.2, 0) is 11.3 Å². The molecule has 146 valence electrons. The van der Waals surface area contributed by atoms with E-state index in [-0.39, 0.29) is 18.3 Å². The second-order valence-electron chi connectivity index (χ2n) is 8.00. The Morgan fingerprint density at radius 2 is 1.96 bits per heavy atom. The second kappa shape index (κ2) is 8.72. The average Bonchev–Trinajstić information content (AvgIpc) is 2.59. The van der Waals surface area contributed by atoms with Crippen LogP contribution in [0, 0.1) is 17.8 Å². The van der Waals surface area contributed by atoms with Gasteiger partial charge in [-0.15, -0.1) is 0 Å². The molecule has 2 unspecified atom stereocenters. The van der Waals surface area contributed by atoms with Gasteiger partial charge in [-0.25, -0.2) is 0 Å². The van der Waals surface area contributed by atoms with E-state index in [0.717, 1.165) is 31.0 Å². The molecule has 1 fully saturated rings. The molecule has 0 aromatic heterocycles. The predicted molar refractivity (Wildman–Crippen MR) is 105 cm³/mol. The van der Waals surface area contributed by atoms with Gasteiger partial charge in [0, 0.05) is 25.6 Å². The first-order valence-corrected chi connectivity index (χ1v) is 9.63. The molecule has 5 nitrogen and oxygen atoms in total. The van der Waals surface area contributed by atoms with Crippen molar-refractivity contribution in [3.8, 4) is 5.75 Å². The summed E-state index contributed by atoms with van der Waals surface area (Å²) in [5.74, 6) is 0.925. The van der Waals surface area contributed by atoms with E-state index >= 15 is 0 Å². The van der Waals surface area contributed by atoms with Crippen molar-refractivity contribution >= 4 is 5.97 Å². The topological polar surface area (TPSA) is 70.0 Å². The number of benzene rings is 1. The number of nitrogens with zero attached hydrogens (tertiary/aromatic N) is 1. The molecule has 2 aliphatic rings. The fraction of sp³-hybridized carbons (Fsp3) is 0.500. The number of carbonyl (C=O) groups is 1. The maximum absolute atomic E-state index is 10.7. The number of hydrogen-bond acceptors (Lipinski definition) is 4. The number of hydrogen-bond donors (Lipinski definition) is 2. The van der Waals surface area contributed by atoms with E-state index in [9.17, 15) is 9.90 Å². The van der Waals surface area contributed by atoms with Gasteiger partial charge in [-0.3, -0.25) is 9.69 Å². The van der Waals surface area contributed by atoms with Crippen LogP contribution in [0.25, 0.3) is 0 Å². The zero-order valence-electron chi connectivity index (χ0n) is 16.0. The third-order valence-corrected chi connectivity index (χ3v) is 5.31. The first-order chi connectivity index (χ1) is 12.9. The second-order valence-corrected chi connectivity index (χ2v) is 8.00. The van der Waals surface area contributed by atoms with E-state index in [4.69, 9.17) is 9.84 Å². The first kappa shape index (κ1) is 19.6. The minimum Gasteiger partial charge on any atom is -0.489 e. The summed E-state index contributed by atoms with van der Waals surface area (Å²) in [6.45, 7) is 7.28. The van der Waals surface area contributed by atoms with Gasteiger partial charge >= 0.3 is 5.97 Å². The van der Waals surface area contributed by atoms with Crippen LogP contribution < -0.4 is 4.74 Å². The molecule has 2 atom stereocenters. The highest BCUT2D eigenvalue weighted by Gasteiger charge is 2.28. The van der Waals surface area contributed by atoms with Crippen LogP contribution in [0.4, 0.5) is 0 Å². The smallest absolute Gasteiger partial charge is 0.303 e. The van der Waals surface area contributed by atoms with Crippen molar-refractivity contribution in [2.24, 2.45) is 17.8 Å². The van der Waals surface area contributed by atoms with Crippen molar-refractivity contribution in [2.75, 3.05) is 19.7 Å². The number of rotatable bonds is 8. The third kappa shape index (κ3) is 5.44. The molecule has 1 heterocycles. The standard InChI is InChI=1S/C22H29NO4/c1-15(2)20-9-17(5-8-21(20)24)14-27-19-6-3-16(4-7-19)11-23-12-18(13-23)10-22(25)26/h3-9,15,18,20-21,24H,10-14H2,1-2H3,(H,25,26). The highest BCUT2D eigenvalue weighted by molar-refractivity contribution is 5.67. The van der Waals surface area contributed by atoms with Gasteiger partial charge < -0.3 is 14.9 Å². The van der Waals surface area contributed by atoms with E-state index in [1.807, 2.05) is 24.3 Å². The number of likely N-dealkylation sites (tertiary alicyclic amines) is 1. The Labute approximate surface area is 161 Å². The van der Waals surface area contributed by atoms with E-state index in [1.165, 1.54) is 5.56 Å². The summed E-state index contributed by atoms with van der Waals surface area (Å²) in [6, 6.07) is 8.08. The molecule has 0 saturated carbocycles. The zero-order valence-corrected chi connectivity index (χ0v) is 16.0. The predicted octanol–water partition coefficient (Wildman–Crippen LogP) is 3.10. The van der Waals surface area contributed by atoms with Gasteiger partial charge in [-0.1, -0.05) is 44.2 Å². The van der Waals surface area contributed by atoms with Crippen LogP contribution in [0.3, 0.4) is 0 Å². The monoisotopic (exact) mass is 371 g/mol. The summed E-state index contributed by atoms with van der Waals surface area (Å²) in [5.41, 5.74) is 2.30. The maximum atomic E-state index is 10.7. The number of aliphatic hydroxyl groups excluding tert-OH is 1. The SMILES string of the molecule is CC(C)C1C=C(COc2ccc(CN3CC(CC(=O)O)C3)cc2)C=CC1O. The minimum atomic E-state index is -0.710. The van der Waals surface area contributed by atoms with Crippen molar-refractivity contribution in [1.29, 1.82) is 0 Å². The van der Waals surface area contributed by atoms with Crippen LogP contribution in [-0.4, -0.2) is 46.9 Å². The van der Waals surface area contributed by atoms with Gasteiger partial charge in [0.25, 0.3) is 0 Å². The van der Waals surface area contributed by atoms with Crippen LogP contribution in [0.5, 0.6) is 5.75 Å². The highest BCUT2D eigenvalue weighted by Crippen LogP contribution is 2.25. The summed E-state index contributed by atoms with van der Waals surface area (Å²) in [7, 11) is 0. The van der Waals surface area contributed by atoms with E-state index in [1.54, 1.807) is 0 Å². The summed E-state index contributed by atoms with van der Waals surface area (Å²) in [4.78, 5) is 13.0. The normalized spacial score (nSPS) is 23.2. The fourth-order valence-corrected chi connectivity index (χ4v) is 3.73. The third-order valence-electron chi connectivity index (χ3n) is 5.31. The molecule has 1 aromatic carbocycles. The molecule has 0 spiro atoms. The summed E-state index contributed by atoms with van der Waals surface area (Å²) < 4.78 is 5.89. The molecule has 1 saturated heterocycles. The molecule has 0 bridgehead atoms. The Balaban J connectivity index is 1.45. The Morgan fingerprint density at radius 1 is 1.26 bits per heavy atom. The van der Waals surface area contributed by atoms with Crippen molar-refractivity contribution < 1.29 is 19.7 Å². The molecular formula is C22H29NO4.